The smallest absolute Gasteiger partial charge is 0.186 e. The summed E-state index contributed by atoms with van der Waals surface area (Å²) in [5.41, 5.74) is 0.717. The Balaban J connectivity index is 3.14. The minimum absolute atomic E-state index is 0.604. The summed E-state index contributed by atoms with van der Waals surface area (Å²) in [4.78, 5) is 4.96. The second kappa shape index (κ2) is 4.72. The van der Waals surface area contributed by atoms with E-state index in [1.165, 1.54) is 12.2 Å². The van der Waals surface area contributed by atoms with Gasteiger partial charge in [0.25, 0.3) is 0 Å². The third kappa shape index (κ3) is 1.90. The van der Waals surface area contributed by atoms with E-state index in [2.05, 4.69) is 7.05 Å². The van der Waals surface area contributed by atoms with Crippen LogP contribution in [0.5, 0.6) is 11.5 Å². The Bertz CT molecular complexity index is 301. The molecule has 0 spiro atoms. The van der Waals surface area contributed by atoms with Gasteiger partial charge >= 0.3 is 0 Å². The summed E-state index contributed by atoms with van der Waals surface area (Å²) in [5, 5.41) is 1.36. The normalized spacial score (nSPS) is 9.71. The zero-order valence-corrected chi connectivity index (χ0v) is 8.61. The van der Waals surface area contributed by atoms with Crippen molar-refractivity contribution in [2.24, 2.45) is 0 Å². The van der Waals surface area contributed by atoms with Crippen molar-refractivity contribution in [3.05, 3.63) is 25.2 Å². The maximum atomic E-state index is 5.20. The molecule has 0 N–H and O–H groups in total. The molecule has 0 amide bonds. The highest BCUT2D eigenvalue weighted by Gasteiger charge is 2.12. The Morgan fingerprint density at radius 3 is 2.36 bits per heavy atom. The minimum Gasteiger partial charge on any atom is -0.493 e. The molecule has 1 aromatic carbocycles. The van der Waals surface area contributed by atoms with Gasteiger partial charge in [-0.05, 0) is 12.1 Å². The van der Waals surface area contributed by atoms with Crippen LogP contribution >= 0.6 is 0 Å². The topological polar surface area (TPSA) is 30.9 Å². The molecule has 1 aromatic rings. The van der Waals surface area contributed by atoms with E-state index in [9.17, 15) is 0 Å². The van der Waals surface area contributed by atoms with Gasteiger partial charge in [0.05, 0.1) is 28.4 Å². The zero-order chi connectivity index (χ0) is 10.6. The Morgan fingerprint density at radius 1 is 1.14 bits per heavy atom. The lowest BCUT2D eigenvalue weighted by atomic mass is 10.2. The molecule has 0 aliphatic heterocycles. The standard InChI is InChI=1S/C10H14NO3/c1-11(14-4)8-6-5-7-9(12-2)10(8)13-3/h5-7H,1H2,2-4H3. The molecule has 0 bridgehead atoms. The van der Waals surface area contributed by atoms with Crippen LogP contribution in [-0.2, 0) is 4.84 Å². The first kappa shape index (κ1) is 10.7. The van der Waals surface area contributed by atoms with Crippen molar-refractivity contribution in [1.82, 2.24) is 0 Å². The van der Waals surface area contributed by atoms with Crippen LogP contribution in [0.4, 0.5) is 5.69 Å². The first-order chi connectivity index (χ1) is 6.74. The van der Waals surface area contributed by atoms with Crippen molar-refractivity contribution >= 4 is 5.69 Å². The summed E-state index contributed by atoms with van der Waals surface area (Å²) >= 11 is 0. The Labute approximate surface area is 83.9 Å². The number of hydroxylamine groups is 1. The van der Waals surface area contributed by atoms with Crippen LogP contribution in [0.1, 0.15) is 0 Å². The van der Waals surface area contributed by atoms with Gasteiger partial charge in [-0.3, -0.25) is 4.84 Å². The number of methoxy groups -OCH3 is 2. The summed E-state index contributed by atoms with van der Waals surface area (Å²) < 4.78 is 10.3. The second-order valence-corrected chi connectivity index (χ2v) is 2.57. The van der Waals surface area contributed by atoms with E-state index in [4.69, 9.17) is 14.3 Å². The van der Waals surface area contributed by atoms with E-state index in [1.54, 1.807) is 14.2 Å². The van der Waals surface area contributed by atoms with Crippen LogP contribution in [0.15, 0.2) is 18.2 Å². The van der Waals surface area contributed by atoms with Crippen molar-refractivity contribution in [1.29, 1.82) is 0 Å². The minimum atomic E-state index is 0.604. The fraction of sp³-hybridized carbons (Fsp3) is 0.300. The molecule has 4 nitrogen and oxygen atoms in total. The molecule has 4 heteroatoms. The van der Waals surface area contributed by atoms with Gasteiger partial charge in [0, 0.05) is 0 Å². The maximum Gasteiger partial charge on any atom is 0.186 e. The number of hydrogen-bond acceptors (Lipinski definition) is 4. The summed E-state index contributed by atoms with van der Waals surface area (Å²) in [6.07, 6.45) is 0. The predicted octanol–water partition coefficient (Wildman–Crippen LogP) is 1.86. The van der Waals surface area contributed by atoms with Gasteiger partial charge < -0.3 is 9.47 Å². The quantitative estimate of drug-likeness (QED) is 0.688. The van der Waals surface area contributed by atoms with E-state index >= 15 is 0 Å². The zero-order valence-electron chi connectivity index (χ0n) is 8.61. The van der Waals surface area contributed by atoms with Gasteiger partial charge in [-0.1, -0.05) is 6.07 Å². The average Bonchev–Trinajstić information content (AvgIpc) is 2.26. The molecule has 14 heavy (non-hydrogen) atoms. The molecular weight excluding hydrogens is 182 g/mol. The lowest BCUT2D eigenvalue weighted by Gasteiger charge is -2.19. The lowest BCUT2D eigenvalue weighted by molar-refractivity contribution is 0.192. The highest BCUT2D eigenvalue weighted by molar-refractivity contribution is 5.63. The number of anilines is 1. The number of rotatable bonds is 4. The molecule has 0 aliphatic rings. The number of benzene rings is 1. The highest BCUT2D eigenvalue weighted by Crippen LogP contribution is 2.36. The van der Waals surface area contributed by atoms with Crippen molar-refractivity contribution in [2.45, 2.75) is 0 Å². The van der Waals surface area contributed by atoms with Crippen LogP contribution in [0.25, 0.3) is 0 Å². The average molecular weight is 196 g/mol. The fourth-order valence-corrected chi connectivity index (χ4v) is 1.16. The molecular formula is C10H14NO3. The van der Waals surface area contributed by atoms with Gasteiger partial charge in [-0.25, -0.2) is 5.06 Å². The van der Waals surface area contributed by atoms with Gasteiger partial charge in [-0.15, -0.1) is 0 Å². The predicted molar refractivity (Wildman–Crippen MR) is 54.4 cm³/mol. The molecule has 0 fully saturated rings. The van der Waals surface area contributed by atoms with E-state index in [1.807, 2.05) is 18.2 Å². The highest BCUT2D eigenvalue weighted by atomic mass is 16.7. The molecule has 0 saturated heterocycles. The lowest BCUT2D eigenvalue weighted by Crippen LogP contribution is -2.13. The van der Waals surface area contributed by atoms with Crippen molar-refractivity contribution in [2.75, 3.05) is 26.4 Å². The van der Waals surface area contributed by atoms with Gasteiger partial charge in [0.1, 0.15) is 5.69 Å². The summed E-state index contributed by atoms with van der Waals surface area (Å²) in [5.74, 6) is 1.25. The third-order valence-electron chi connectivity index (χ3n) is 1.87. The summed E-state index contributed by atoms with van der Waals surface area (Å²) in [7, 11) is 8.38. The first-order valence-corrected chi connectivity index (χ1v) is 4.10. The third-order valence-corrected chi connectivity index (χ3v) is 1.87. The number of para-hydroxylation sites is 1. The van der Waals surface area contributed by atoms with E-state index in [0.29, 0.717) is 17.2 Å². The number of ether oxygens (including phenoxy) is 2. The molecule has 1 rings (SSSR count). The molecule has 0 saturated carbocycles. The van der Waals surface area contributed by atoms with Crippen LogP contribution in [0.3, 0.4) is 0 Å². The van der Waals surface area contributed by atoms with Crippen molar-refractivity contribution in [3.63, 3.8) is 0 Å². The van der Waals surface area contributed by atoms with Crippen LogP contribution in [0.2, 0.25) is 0 Å². The van der Waals surface area contributed by atoms with E-state index < -0.39 is 0 Å². The van der Waals surface area contributed by atoms with Crippen molar-refractivity contribution in [3.8, 4) is 11.5 Å². The van der Waals surface area contributed by atoms with Gasteiger partial charge in [0.15, 0.2) is 11.5 Å². The largest absolute Gasteiger partial charge is 0.493 e. The Hall–Kier alpha value is -1.42. The summed E-state index contributed by atoms with van der Waals surface area (Å²) in [6.45, 7) is 0. The van der Waals surface area contributed by atoms with Crippen molar-refractivity contribution < 1.29 is 14.3 Å². The SMILES string of the molecule is [CH2]N(OC)c1cccc(OC)c1OC. The first-order valence-electron chi connectivity index (χ1n) is 4.10. The van der Waals surface area contributed by atoms with Crippen LogP contribution in [-0.4, -0.2) is 21.3 Å². The molecule has 1 radical (unpaired) electrons. The molecule has 0 aromatic heterocycles. The molecule has 0 aliphatic carbocycles. The summed E-state index contributed by atoms with van der Waals surface area (Å²) in [6, 6.07) is 5.48. The second-order valence-electron chi connectivity index (χ2n) is 2.57. The Morgan fingerprint density at radius 2 is 1.86 bits per heavy atom. The van der Waals surface area contributed by atoms with Crippen LogP contribution < -0.4 is 14.5 Å². The number of hydrogen-bond donors (Lipinski definition) is 0. The molecule has 0 unspecified atom stereocenters. The fourth-order valence-electron chi connectivity index (χ4n) is 1.16. The van der Waals surface area contributed by atoms with Gasteiger partial charge in [0.2, 0.25) is 0 Å². The van der Waals surface area contributed by atoms with Crippen LogP contribution in [0, 0.1) is 7.05 Å². The Kier molecular flexibility index (Phi) is 3.59. The molecule has 0 heterocycles. The number of nitrogens with zero attached hydrogens (tertiary/aromatic N) is 1. The molecule has 77 valence electrons. The van der Waals surface area contributed by atoms with Gasteiger partial charge in [-0.2, -0.15) is 0 Å². The van der Waals surface area contributed by atoms with E-state index in [0.717, 1.165) is 0 Å². The molecule has 0 atom stereocenters. The maximum absolute atomic E-state index is 5.20. The van der Waals surface area contributed by atoms with E-state index in [-0.39, 0.29) is 0 Å². The monoisotopic (exact) mass is 196 g/mol.